The van der Waals surface area contributed by atoms with Crippen molar-refractivity contribution in [1.29, 1.82) is 0 Å². The third-order valence-electron chi connectivity index (χ3n) is 12.6. The van der Waals surface area contributed by atoms with E-state index in [4.69, 9.17) is 14.2 Å². The number of hydrogen-bond donors (Lipinski definition) is 0. The van der Waals surface area contributed by atoms with E-state index < -0.39 is 0 Å². The van der Waals surface area contributed by atoms with Crippen molar-refractivity contribution >= 4 is 5.97 Å². The average molecular weight is 519 g/mol. The number of carbonyl (C=O) groups excluding carboxylic acids is 1. The second-order valence-corrected chi connectivity index (χ2v) is 14.4. The first kappa shape index (κ1) is 25.3. The highest BCUT2D eigenvalue weighted by atomic mass is 16.7. The molecule has 0 amide bonds. The fourth-order valence-electron chi connectivity index (χ4n) is 10.5. The number of benzene rings is 1. The number of esters is 1. The largest absolute Gasteiger partial charge is 0.458 e. The maximum Gasteiger partial charge on any atom is 0.338 e. The molecule has 2 aliphatic heterocycles. The van der Waals surface area contributed by atoms with Crippen LogP contribution in [0.4, 0.5) is 0 Å². The molecule has 1 aromatic carbocycles. The van der Waals surface area contributed by atoms with Gasteiger partial charge in [-0.25, -0.2) is 4.79 Å². The summed E-state index contributed by atoms with van der Waals surface area (Å²) in [7, 11) is 0. The van der Waals surface area contributed by atoms with E-state index in [1.807, 2.05) is 30.3 Å². The van der Waals surface area contributed by atoms with Gasteiger partial charge in [0.1, 0.15) is 6.10 Å². The number of carbonyl (C=O) groups is 1. The van der Waals surface area contributed by atoms with Crippen molar-refractivity contribution in [1.82, 2.24) is 0 Å². The van der Waals surface area contributed by atoms with E-state index in [1.54, 1.807) is 5.57 Å². The molecule has 206 valence electrons. The van der Waals surface area contributed by atoms with Crippen LogP contribution >= 0.6 is 0 Å². The molecule has 2 heterocycles. The van der Waals surface area contributed by atoms with Gasteiger partial charge in [-0.05, 0) is 97.5 Å². The minimum absolute atomic E-state index is 0.00178. The highest BCUT2D eigenvalue weighted by Crippen LogP contribution is 2.70. The molecule has 0 N–H and O–H groups in total. The molecule has 1 spiro atoms. The molecule has 0 aromatic heterocycles. The lowest BCUT2D eigenvalue weighted by Gasteiger charge is -2.58. The van der Waals surface area contributed by atoms with Gasteiger partial charge in [-0.3, -0.25) is 0 Å². The van der Waals surface area contributed by atoms with Crippen LogP contribution in [0.2, 0.25) is 0 Å². The predicted octanol–water partition coefficient (Wildman–Crippen LogP) is 7.58. The lowest BCUT2D eigenvalue weighted by Crippen LogP contribution is -2.52. The second-order valence-electron chi connectivity index (χ2n) is 14.4. The summed E-state index contributed by atoms with van der Waals surface area (Å²) in [6.07, 6.45) is 13.3. The Morgan fingerprint density at radius 3 is 2.58 bits per heavy atom. The Morgan fingerprint density at radius 2 is 1.82 bits per heavy atom. The fraction of sp³-hybridized carbons (Fsp3) is 0.735. The Bertz CT molecular complexity index is 1100. The molecule has 3 saturated carbocycles. The maximum atomic E-state index is 12.7. The van der Waals surface area contributed by atoms with Gasteiger partial charge in [0.05, 0.1) is 18.3 Å². The summed E-state index contributed by atoms with van der Waals surface area (Å²) >= 11 is 0. The SMILES string of the molecule is C[C@@H]1CC[C@@]2(OC1)O[C@H]1C[C@H]3[C@@H]4CC=C5C[C@@H](OC(=O)c6ccccc6)CC[C@]5(C)[C@H]4CC[C@]3(C)[C@H]1[C@@H]2C. The lowest BCUT2D eigenvalue weighted by atomic mass is 9.47. The molecule has 11 atom stereocenters. The van der Waals surface area contributed by atoms with Crippen molar-refractivity contribution in [3.05, 3.63) is 47.5 Å². The third kappa shape index (κ3) is 3.65. The Kier molecular flexibility index (Phi) is 5.95. The van der Waals surface area contributed by atoms with Crippen LogP contribution in [0.3, 0.4) is 0 Å². The Hall–Kier alpha value is -1.65. The first-order chi connectivity index (χ1) is 18.2. The predicted molar refractivity (Wildman–Crippen MR) is 147 cm³/mol. The molecule has 6 aliphatic rings. The molecule has 0 radical (unpaired) electrons. The van der Waals surface area contributed by atoms with Crippen molar-refractivity contribution in [3.8, 4) is 0 Å². The Balaban J connectivity index is 1.08. The first-order valence-electron chi connectivity index (χ1n) is 15.5. The van der Waals surface area contributed by atoms with Crippen molar-refractivity contribution in [2.75, 3.05) is 6.61 Å². The average Bonchev–Trinajstić information content (AvgIpc) is 3.36. The van der Waals surface area contributed by atoms with Crippen LogP contribution in [0.25, 0.3) is 0 Å². The van der Waals surface area contributed by atoms with Crippen molar-refractivity contribution in [3.63, 3.8) is 0 Å². The van der Waals surface area contributed by atoms with Crippen molar-refractivity contribution < 1.29 is 19.0 Å². The zero-order valence-corrected chi connectivity index (χ0v) is 23.8. The normalized spacial score (nSPS) is 49.4. The minimum Gasteiger partial charge on any atom is -0.458 e. The van der Waals surface area contributed by atoms with E-state index in [0.717, 1.165) is 50.0 Å². The van der Waals surface area contributed by atoms with Crippen LogP contribution in [-0.2, 0) is 14.2 Å². The van der Waals surface area contributed by atoms with E-state index in [0.29, 0.717) is 34.8 Å². The summed E-state index contributed by atoms with van der Waals surface area (Å²) in [5.41, 5.74) is 2.81. The van der Waals surface area contributed by atoms with Gasteiger partial charge in [-0.1, -0.05) is 57.5 Å². The van der Waals surface area contributed by atoms with E-state index in [-0.39, 0.29) is 23.3 Å². The second kappa shape index (κ2) is 8.93. The van der Waals surface area contributed by atoms with E-state index in [2.05, 4.69) is 33.8 Å². The topological polar surface area (TPSA) is 44.8 Å². The Labute approximate surface area is 228 Å². The lowest BCUT2D eigenvalue weighted by molar-refractivity contribution is -0.272. The van der Waals surface area contributed by atoms with Crippen LogP contribution in [0.1, 0.15) is 95.8 Å². The molecule has 4 aliphatic carbocycles. The molecule has 5 fully saturated rings. The number of fused-ring (bicyclic) bond motifs is 7. The molecule has 38 heavy (non-hydrogen) atoms. The fourth-order valence-corrected chi connectivity index (χ4v) is 10.5. The summed E-state index contributed by atoms with van der Waals surface area (Å²) in [5.74, 6) is 3.46. The first-order valence-corrected chi connectivity index (χ1v) is 15.5. The monoisotopic (exact) mass is 518 g/mol. The summed E-state index contributed by atoms with van der Waals surface area (Å²) < 4.78 is 19.5. The number of hydrogen-bond acceptors (Lipinski definition) is 4. The van der Waals surface area contributed by atoms with Gasteiger partial charge in [0.25, 0.3) is 0 Å². The minimum atomic E-state index is -0.326. The van der Waals surface area contributed by atoms with Crippen LogP contribution in [-0.4, -0.2) is 30.6 Å². The molecule has 4 nitrogen and oxygen atoms in total. The standard InChI is InChI=1S/C34H46O4/c1-21-12-17-34(36-20-21)22(2)30-29(38-34)19-28-26-11-10-24-18-25(37-31(35)23-8-6-5-7-9-23)13-15-32(24,3)27(26)14-16-33(28,30)4/h5-10,21-22,25-30H,11-20H2,1-4H3/t21-,22+,25+,26-,27+,28+,29+,30+,32+,33+,34-/m1/s1. The van der Waals surface area contributed by atoms with Crippen LogP contribution < -0.4 is 0 Å². The van der Waals surface area contributed by atoms with Crippen LogP contribution in [0.5, 0.6) is 0 Å². The van der Waals surface area contributed by atoms with Gasteiger partial charge in [-0.2, -0.15) is 0 Å². The molecular weight excluding hydrogens is 472 g/mol. The summed E-state index contributed by atoms with van der Waals surface area (Å²) in [6.45, 7) is 10.7. The van der Waals surface area contributed by atoms with E-state index >= 15 is 0 Å². The third-order valence-corrected chi connectivity index (χ3v) is 12.6. The summed E-state index contributed by atoms with van der Waals surface area (Å²) in [6, 6.07) is 9.45. The van der Waals surface area contributed by atoms with Crippen LogP contribution in [0.15, 0.2) is 42.0 Å². The van der Waals surface area contributed by atoms with Gasteiger partial charge in [0, 0.05) is 18.8 Å². The zero-order chi connectivity index (χ0) is 26.3. The molecule has 4 heteroatoms. The number of allylic oxidation sites excluding steroid dienone is 1. The molecule has 2 saturated heterocycles. The molecule has 0 unspecified atom stereocenters. The van der Waals surface area contributed by atoms with Gasteiger partial charge in [0.2, 0.25) is 0 Å². The number of rotatable bonds is 2. The zero-order valence-electron chi connectivity index (χ0n) is 23.8. The van der Waals surface area contributed by atoms with Crippen molar-refractivity contribution in [2.24, 2.45) is 46.3 Å². The van der Waals surface area contributed by atoms with E-state index in [9.17, 15) is 4.79 Å². The smallest absolute Gasteiger partial charge is 0.338 e. The van der Waals surface area contributed by atoms with Gasteiger partial charge in [-0.15, -0.1) is 0 Å². The van der Waals surface area contributed by atoms with Gasteiger partial charge in [0.15, 0.2) is 5.79 Å². The van der Waals surface area contributed by atoms with Gasteiger partial charge >= 0.3 is 5.97 Å². The number of ether oxygens (including phenoxy) is 3. The molecular formula is C34H46O4. The summed E-state index contributed by atoms with van der Waals surface area (Å²) in [4.78, 5) is 12.7. The van der Waals surface area contributed by atoms with Crippen LogP contribution in [0, 0.1) is 46.3 Å². The highest BCUT2D eigenvalue weighted by Gasteiger charge is 2.68. The molecule has 1 aromatic rings. The molecule has 0 bridgehead atoms. The highest BCUT2D eigenvalue weighted by molar-refractivity contribution is 5.89. The maximum absolute atomic E-state index is 12.7. The molecule has 7 rings (SSSR count). The van der Waals surface area contributed by atoms with E-state index in [1.165, 1.54) is 32.1 Å². The van der Waals surface area contributed by atoms with Gasteiger partial charge < -0.3 is 14.2 Å². The Morgan fingerprint density at radius 1 is 1.00 bits per heavy atom. The van der Waals surface area contributed by atoms with Crippen molar-refractivity contribution in [2.45, 2.75) is 103 Å². The summed E-state index contributed by atoms with van der Waals surface area (Å²) in [5, 5.41) is 0. The quantitative estimate of drug-likeness (QED) is 0.299.